The number of aromatic nitrogens is 4. The first kappa shape index (κ1) is 11.4. The number of hydrogen-bond acceptors (Lipinski definition) is 5. The Labute approximate surface area is 107 Å². The molecule has 0 saturated carbocycles. The number of rotatable bonds is 3. The molecule has 0 aliphatic rings. The smallest absolute Gasteiger partial charge is 0.312 e. The largest absolute Gasteiger partial charge is 0.497 e. The van der Waals surface area contributed by atoms with Gasteiger partial charge in [0.05, 0.1) is 13.4 Å². The van der Waals surface area contributed by atoms with Gasteiger partial charge in [-0.15, -0.1) is 0 Å². The minimum atomic E-state index is -0.824. The number of nitrogens with one attached hydrogen (secondary N) is 2. The van der Waals surface area contributed by atoms with Crippen LogP contribution in [0.5, 0.6) is 5.75 Å². The highest BCUT2D eigenvalue weighted by atomic mass is 19.1. The van der Waals surface area contributed by atoms with Gasteiger partial charge in [0.15, 0.2) is 11.5 Å². The Kier molecular flexibility index (Phi) is 2.71. The summed E-state index contributed by atoms with van der Waals surface area (Å²) >= 11 is 0. The van der Waals surface area contributed by atoms with Crippen molar-refractivity contribution in [1.82, 2.24) is 19.9 Å². The van der Waals surface area contributed by atoms with Gasteiger partial charge in [0.2, 0.25) is 0 Å². The molecule has 2 heterocycles. The molecule has 0 bridgehead atoms. The summed E-state index contributed by atoms with van der Waals surface area (Å²) in [5.74, 6) is 1.08. The number of aromatic amines is 1. The molecule has 0 unspecified atom stereocenters. The molecule has 0 radical (unpaired) electrons. The van der Waals surface area contributed by atoms with Gasteiger partial charge in [0.1, 0.15) is 11.3 Å². The number of anilines is 2. The Hall–Kier alpha value is -2.70. The lowest BCUT2D eigenvalue weighted by Crippen LogP contribution is -1.99. The van der Waals surface area contributed by atoms with E-state index in [0.29, 0.717) is 11.3 Å². The summed E-state index contributed by atoms with van der Waals surface area (Å²) in [4.78, 5) is 14.1. The fourth-order valence-corrected chi connectivity index (χ4v) is 1.71. The second kappa shape index (κ2) is 4.52. The molecule has 19 heavy (non-hydrogen) atoms. The van der Waals surface area contributed by atoms with Gasteiger partial charge in [-0.2, -0.15) is 14.4 Å². The van der Waals surface area contributed by atoms with Crippen LogP contribution in [0.1, 0.15) is 0 Å². The summed E-state index contributed by atoms with van der Waals surface area (Å²) in [5.41, 5.74) is 1.59. The van der Waals surface area contributed by atoms with E-state index in [1.165, 1.54) is 6.33 Å². The van der Waals surface area contributed by atoms with Crippen LogP contribution < -0.4 is 10.1 Å². The third kappa shape index (κ3) is 2.17. The van der Waals surface area contributed by atoms with E-state index < -0.39 is 6.08 Å². The van der Waals surface area contributed by atoms with Crippen LogP contribution in [0, 0.1) is 6.08 Å². The molecule has 0 spiro atoms. The Morgan fingerprint density at radius 1 is 1.21 bits per heavy atom. The van der Waals surface area contributed by atoms with Crippen LogP contribution in [-0.4, -0.2) is 27.0 Å². The van der Waals surface area contributed by atoms with Gasteiger partial charge in [-0.25, -0.2) is 4.98 Å². The van der Waals surface area contributed by atoms with Gasteiger partial charge in [0, 0.05) is 5.69 Å². The Bertz CT molecular complexity index is 710. The number of halogens is 1. The number of hydrogen-bond donors (Lipinski definition) is 2. The standard InChI is InChI=1S/C12H10FN5O/c1-19-8-4-2-7(3-5-8)16-11-9-10(15-6-14-9)17-12(13)18-11/h2-6H,1H3,(H2,14,15,16,17,18). The lowest BCUT2D eigenvalue weighted by molar-refractivity contribution is 0.415. The van der Waals surface area contributed by atoms with Crippen LogP contribution in [0.25, 0.3) is 11.2 Å². The molecule has 0 fully saturated rings. The van der Waals surface area contributed by atoms with E-state index in [2.05, 4.69) is 25.3 Å². The van der Waals surface area contributed by atoms with Crippen LogP contribution in [-0.2, 0) is 0 Å². The zero-order valence-electron chi connectivity index (χ0n) is 10.0. The Morgan fingerprint density at radius 3 is 2.74 bits per heavy atom. The van der Waals surface area contributed by atoms with Crippen molar-refractivity contribution in [3.8, 4) is 5.75 Å². The monoisotopic (exact) mass is 259 g/mol. The van der Waals surface area contributed by atoms with E-state index in [1.807, 2.05) is 0 Å². The summed E-state index contributed by atoms with van der Waals surface area (Å²) < 4.78 is 18.3. The summed E-state index contributed by atoms with van der Waals surface area (Å²) in [6, 6.07) is 7.20. The number of benzene rings is 1. The fraction of sp³-hybridized carbons (Fsp3) is 0.0833. The third-order valence-electron chi connectivity index (χ3n) is 2.61. The van der Waals surface area contributed by atoms with Crippen molar-refractivity contribution < 1.29 is 9.13 Å². The molecule has 7 heteroatoms. The molecule has 2 aromatic heterocycles. The molecule has 96 valence electrons. The van der Waals surface area contributed by atoms with E-state index in [1.54, 1.807) is 31.4 Å². The third-order valence-corrected chi connectivity index (χ3v) is 2.61. The van der Waals surface area contributed by atoms with E-state index in [0.717, 1.165) is 11.4 Å². The van der Waals surface area contributed by atoms with Crippen LogP contribution in [0.15, 0.2) is 30.6 Å². The number of H-pyrrole nitrogens is 1. The van der Waals surface area contributed by atoms with Crippen molar-refractivity contribution in [2.75, 3.05) is 12.4 Å². The summed E-state index contributed by atoms with van der Waals surface area (Å²) in [7, 11) is 1.59. The highest BCUT2D eigenvalue weighted by Gasteiger charge is 2.09. The van der Waals surface area contributed by atoms with Crippen molar-refractivity contribution >= 4 is 22.7 Å². The van der Waals surface area contributed by atoms with Gasteiger partial charge in [-0.3, -0.25) is 0 Å². The van der Waals surface area contributed by atoms with E-state index >= 15 is 0 Å². The van der Waals surface area contributed by atoms with Crippen LogP contribution in [0.3, 0.4) is 0 Å². The zero-order valence-corrected chi connectivity index (χ0v) is 10.0. The topological polar surface area (TPSA) is 75.7 Å². The Balaban J connectivity index is 1.97. The maximum absolute atomic E-state index is 13.3. The van der Waals surface area contributed by atoms with Crippen LogP contribution in [0.2, 0.25) is 0 Å². The minimum absolute atomic E-state index is 0.281. The van der Waals surface area contributed by atoms with Crippen LogP contribution >= 0.6 is 0 Å². The molecule has 2 N–H and O–H groups in total. The second-order valence-corrected chi connectivity index (χ2v) is 3.80. The summed E-state index contributed by atoms with van der Waals surface area (Å²) in [5, 5.41) is 3.01. The predicted molar refractivity (Wildman–Crippen MR) is 67.9 cm³/mol. The van der Waals surface area contributed by atoms with Crippen molar-refractivity contribution in [3.63, 3.8) is 0 Å². The maximum atomic E-state index is 13.3. The van der Waals surface area contributed by atoms with Crippen molar-refractivity contribution in [1.29, 1.82) is 0 Å². The summed E-state index contributed by atoms with van der Waals surface area (Å²) in [6.45, 7) is 0. The maximum Gasteiger partial charge on any atom is 0.312 e. The molecule has 0 aliphatic heterocycles. The Morgan fingerprint density at radius 2 is 2.00 bits per heavy atom. The molecule has 6 nitrogen and oxygen atoms in total. The van der Waals surface area contributed by atoms with Crippen molar-refractivity contribution in [2.24, 2.45) is 0 Å². The van der Waals surface area contributed by atoms with Crippen molar-refractivity contribution in [2.45, 2.75) is 0 Å². The van der Waals surface area contributed by atoms with Gasteiger partial charge in [-0.1, -0.05) is 0 Å². The lowest BCUT2D eigenvalue weighted by Gasteiger charge is -2.07. The molecule has 0 aliphatic carbocycles. The normalized spacial score (nSPS) is 10.6. The molecule has 0 amide bonds. The van der Waals surface area contributed by atoms with E-state index in [-0.39, 0.29) is 5.65 Å². The molecule has 0 atom stereocenters. The van der Waals surface area contributed by atoms with Crippen molar-refractivity contribution in [3.05, 3.63) is 36.7 Å². The highest BCUT2D eigenvalue weighted by Crippen LogP contribution is 2.22. The highest BCUT2D eigenvalue weighted by molar-refractivity contribution is 5.84. The van der Waals surface area contributed by atoms with Crippen LogP contribution in [0.4, 0.5) is 15.9 Å². The average molecular weight is 259 g/mol. The molecule has 1 aromatic carbocycles. The lowest BCUT2D eigenvalue weighted by atomic mass is 10.3. The number of nitrogens with zero attached hydrogens (tertiary/aromatic N) is 3. The first-order valence-electron chi connectivity index (χ1n) is 5.54. The minimum Gasteiger partial charge on any atom is -0.497 e. The van der Waals surface area contributed by atoms with Gasteiger partial charge >= 0.3 is 6.08 Å². The average Bonchev–Trinajstić information content (AvgIpc) is 2.88. The quantitative estimate of drug-likeness (QED) is 0.705. The molecule has 3 rings (SSSR count). The number of imidazole rings is 1. The fourth-order valence-electron chi connectivity index (χ4n) is 1.71. The number of ether oxygens (including phenoxy) is 1. The molecule has 3 aromatic rings. The summed E-state index contributed by atoms with van der Waals surface area (Å²) in [6.07, 6.45) is 0.619. The number of methoxy groups -OCH3 is 1. The molecule has 0 saturated heterocycles. The first-order valence-corrected chi connectivity index (χ1v) is 5.54. The SMILES string of the molecule is COc1ccc(Nc2nc(F)nc3nc[nH]c23)cc1. The molecular formula is C12H10FN5O. The van der Waals surface area contributed by atoms with Gasteiger partial charge in [0.25, 0.3) is 0 Å². The van der Waals surface area contributed by atoms with Gasteiger partial charge < -0.3 is 15.0 Å². The van der Waals surface area contributed by atoms with E-state index in [9.17, 15) is 4.39 Å². The molecular weight excluding hydrogens is 249 g/mol. The predicted octanol–water partition coefficient (Wildman–Crippen LogP) is 2.24. The van der Waals surface area contributed by atoms with Gasteiger partial charge in [-0.05, 0) is 24.3 Å². The second-order valence-electron chi connectivity index (χ2n) is 3.80. The van der Waals surface area contributed by atoms with E-state index in [4.69, 9.17) is 4.74 Å². The zero-order chi connectivity index (χ0) is 13.2. The number of fused-ring (bicyclic) bond motifs is 1. The first-order chi connectivity index (χ1) is 9.26.